The van der Waals surface area contributed by atoms with E-state index in [9.17, 15) is 0 Å². The van der Waals surface area contributed by atoms with E-state index < -0.39 is 0 Å². The molecule has 1 saturated carbocycles. The Hall–Kier alpha value is -0.0400. The highest BCUT2D eigenvalue weighted by Crippen LogP contribution is 2.32. The van der Waals surface area contributed by atoms with Crippen LogP contribution in [0.4, 0.5) is 0 Å². The first-order chi connectivity index (χ1) is 9.04. The molecule has 0 aromatic rings. The molecule has 0 spiro atoms. The van der Waals surface area contributed by atoms with Crippen LogP contribution in [0.1, 0.15) is 105 Å². The summed E-state index contributed by atoms with van der Waals surface area (Å²) < 4.78 is 0. The molecule has 1 N–H and O–H groups in total. The van der Waals surface area contributed by atoms with Gasteiger partial charge in [0.15, 0.2) is 0 Å². The number of unbranched alkanes of at least 4 members (excludes halogenated alkanes) is 3. The lowest BCUT2D eigenvalue weighted by Gasteiger charge is -2.44. The molecule has 1 rings (SSSR count). The molecule has 0 aromatic carbocycles. The molecule has 0 amide bonds. The van der Waals surface area contributed by atoms with Gasteiger partial charge in [0.05, 0.1) is 0 Å². The zero-order valence-corrected chi connectivity index (χ0v) is 14.0. The van der Waals surface area contributed by atoms with E-state index >= 15 is 0 Å². The van der Waals surface area contributed by atoms with Crippen LogP contribution in [0, 0.1) is 0 Å². The largest absolute Gasteiger partial charge is 0.306 e. The fourth-order valence-electron chi connectivity index (χ4n) is 3.93. The Bertz CT molecular complexity index is 230. The summed E-state index contributed by atoms with van der Waals surface area (Å²) in [5.74, 6) is 0. The minimum absolute atomic E-state index is 0.370. The van der Waals surface area contributed by atoms with Crippen molar-refractivity contribution in [1.82, 2.24) is 5.32 Å². The van der Waals surface area contributed by atoms with Crippen molar-refractivity contribution < 1.29 is 0 Å². The molecule has 1 heteroatoms. The molecular formula is C18H37N. The van der Waals surface area contributed by atoms with Gasteiger partial charge in [0.2, 0.25) is 0 Å². The Kier molecular flexibility index (Phi) is 7.42. The predicted molar refractivity (Wildman–Crippen MR) is 86.7 cm³/mol. The Balaban J connectivity index is 2.48. The van der Waals surface area contributed by atoms with Crippen LogP contribution >= 0.6 is 0 Å². The summed E-state index contributed by atoms with van der Waals surface area (Å²) in [5.41, 5.74) is 0.779. The molecule has 19 heavy (non-hydrogen) atoms. The van der Waals surface area contributed by atoms with E-state index in [2.05, 4.69) is 33.0 Å². The predicted octanol–water partition coefficient (Wildman–Crippen LogP) is 5.83. The van der Waals surface area contributed by atoms with Crippen molar-refractivity contribution in [2.75, 3.05) is 0 Å². The van der Waals surface area contributed by atoms with E-state index in [1.807, 2.05) is 0 Å². The fourth-order valence-corrected chi connectivity index (χ4v) is 3.93. The van der Waals surface area contributed by atoms with E-state index in [0.717, 1.165) is 0 Å². The van der Waals surface area contributed by atoms with Crippen molar-refractivity contribution in [3.63, 3.8) is 0 Å². The summed E-state index contributed by atoms with van der Waals surface area (Å²) in [6.45, 7) is 9.57. The minimum Gasteiger partial charge on any atom is -0.306 e. The third kappa shape index (κ3) is 6.29. The summed E-state index contributed by atoms with van der Waals surface area (Å²) in [4.78, 5) is 0. The van der Waals surface area contributed by atoms with Crippen molar-refractivity contribution in [1.29, 1.82) is 0 Å². The second-order valence-electron chi connectivity index (χ2n) is 7.37. The molecule has 0 heterocycles. The topological polar surface area (TPSA) is 12.0 Å². The van der Waals surface area contributed by atoms with Gasteiger partial charge in [-0.15, -0.1) is 0 Å². The van der Waals surface area contributed by atoms with Crippen LogP contribution in [0.3, 0.4) is 0 Å². The van der Waals surface area contributed by atoms with Crippen LogP contribution in [0.2, 0.25) is 0 Å². The second kappa shape index (κ2) is 8.29. The molecule has 0 saturated heterocycles. The lowest BCUT2D eigenvalue weighted by atomic mass is 9.79. The van der Waals surface area contributed by atoms with Gasteiger partial charge in [-0.1, -0.05) is 65.2 Å². The molecule has 1 unspecified atom stereocenters. The normalized spacial score (nSPS) is 22.1. The number of rotatable bonds is 9. The molecule has 1 atom stereocenters. The average Bonchev–Trinajstić information content (AvgIpc) is 2.35. The summed E-state index contributed by atoms with van der Waals surface area (Å²) in [6, 6.07) is 0. The number of nitrogens with one attached hydrogen (secondary N) is 1. The highest BCUT2D eigenvalue weighted by atomic mass is 15.0. The minimum atomic E-state index is 0.370. The summed E-state index contributed by atoms with van der Waals surface area (Å²) in [7, 11) is 0. The molecule has 1 fully saturated rings. The van der Waals surface area contributed by atoms with Crippen molar-refractivity contribution in [2.24, 2.45) is 0 Å². The fraction of sp³-hybridized carbons (Fsp3) is 1.00. The molecular weight excluding hydrogens is 230 g/mol. The highest BCUT2D eigenvalue weighted by Gasteiger charge is 2.34. The molecule has 0 radical (unpaired) electrons. The van der Waals surface area contributed by atoms with E-state index in [-0.39, 0.29) is 0 Å². The van der Waals surface area contributed by atoms with Gasteiger partial charge in [0.1, 0.15) is 0 Å². The van der Waals surface area contributed by atoms with Gasteiger partial charge in [-0.2, -0.15) is 0 Å². The number of hydrogen-bond acceptors (Lipinski definition) is 1. The molecule has 0 aliphatic heterocycles. The maximum atomic E-state index is 4.09. The van der Waals surface area contributed by atoms with Crippen LogP contribution < -0.4 is 5.32 Å². The first-order valence-corrected chi connectivity index (χ1v) is 8.83. The van der Waals surface area contributed by atoms with Gasteiger partial charge >= 0.3 is 0 Å². The smallest absolute Gasteiger partial charge is 0.0158 e. The van der Waals surface area contributed by atoms with Gasteiger partial charge in [0, 0.05) is 11.1 Å². The van der Waals surface area contributed by atoms with Gasteiger partial charge in [0.25, 0.3) is 0 Å². The monoisotopic (exact) mass is 267 g/mol. The van der Waals surface area contributed by atoms with Crippen LogP contribution in [0.5, 0.6) is 0 Å². The molecule has 0 bridgehead atoms. The summed E-state index contributed by atoms with van der Waals surface area (Å²) in [6.07, 6.45) is 16.6. The zero-order chi connectivity index (χ0) is 14.2. The van der Waals surface area contributed by atoms with Crippen molar-refractivity contribution in [2.45, 2.75) is 116 Å². The maximum Gasteiger partial charge on any atom is 0.0158 e. The molecule has 114 valence electrons. The van der Waals surface area contributed by atoms with Crippen LogP contribution in [-0.2, 0) is 0 Å². The second-order valence-corrected chi connectivity index (χ2v) is 7.37. The Morgan fingerprint density at radius 2 is 1.58 bits per heavy atom. The Labute approximate surface area is 121 Å². The zero-order valence-electron chi connectivity index (χ0n) is 14.0. The quantitative estimate of drug-likeness (QED) is 0.518. The first kappa shape index (κ1) is 17.0. The Morgan fingerprint density at radius 3 is 2.16 bits per heavy atom. The summed E-state index contributed by atoms with van der Waals surface area (Å²) >= 11 is 0. The first-order valence-electron chi connectivity index (χ1n) is 8.83. The van der Waals surface area contributed by atoms with E-state index in [1.54, 1.807) is 0 Å². The molecule has 1 aliphatic rings. The van der Waals surface area contributed by atoms with Crippen LogP contribution in [-0.4, -0.2) is 11.1 Å². The van der Waals surface area contributed by atoms with Crippen LogP contribution in [0.25, 0.3) is 0 Å². The summed E-state index contributed by atoms with van der Waals surface area (Å²) in [5, 5.41) is 4.09. The van der Waals surface area contributed by atoms with Gasteiger partial charge in [-0.25, -0.2) is 0 Å². The molecule has 1 nitrogen and oxygen atoms in total. The van der Waals surface area contributed by atoms with Crippen molar-refractivity contribution in [3.8, 4) is 0 Å². The van der Waals surface area contributed by atoms with Crippen LogP contribution in [0.15, 0.2) is 0 Å². The third-order valence-electron chi connectivity index (χ3n) is 4.94. The Morgan fingerprint density at radius 1 is 0.895 bits per heavy atom. The van der Waals surface area contributed by atoms with Crippen molar-refractivity contribution in [3.05, 3.63) is 0 Å². The third-order valence-corrected chi connectivity index (χ3v) is 4.94. The maximum absolute atomic E-state index is 4.09. The van der Waals surface area contributed by atoms with Gasteiger partial charge < -0.3 is 5.32 Å². The lowest BCUT2D eigenvalue weighted by Crippen LogP contribution is -2.55. The molecule has 1 aliphatic carbocycles. The lowest BCUT2D eigenvalue weighted by molar-refractivity contribution is 0.160. The van der Waals surface area contributed by atoms with E-state index in [1.165, 1.54) is 77.0 Å². The SMILES string of the molecule is CCCCCCC(C)(CCC)NC1(C)CCCCC1. The number of hydrogen-bond donors (Lipinski definition) is 1. The molecule has 0 aromatic heterocycles. The average molecular weight is 268 g/mol. The van der Waals surface area contributed by atoms with E-state index in [4.69, 9.17) is 0 Å². The standard InChI is InChI=1S/C18H37N/c1-5-7-8-10-14-17(3,13-6-2)19-18(4)15-11-9-12-16-18/h19H,5-16H2,1-4H3. The van der Waals surface area contributed by atoms with E-state index in [0.29, 0.717) is 11.1 Å². The van der Waals surface area contributed by atoms with Gasteiger partial charge in [-0.05, 0) is 39.5 Å². The van der Waals surface area contributed by atoms with Crippen molar-refractivity contribution >= 4 is 0 Å². The van der Waals surface area contributed by atoms with Gasteiger partial charge in [-0.3, -0.25) is 0 Å². The highest BCUT2D eigenvalue weighted by molar-refractivity contribution is 4.95.